The first-order valence-corrected chi connectivity index (χ1v) is 9.93. The number of piperazine rings is 1. The molecule has 138 valence electrons. The van der Waals surface area contributed by atoms with Crippen molar-refractivity contribution in [2.24, 2.45) is 5.92 Å². The first-order valence-electron chi connectivity index (χ1n) is 9.05. The fraction of sp³-hybridized carbons (Fsp3) is 0.667. The molecule has 7 heteroatoms. The van der Waals surface area contributed by atoms with E-state index in [-0.39, 0.29) is 6.61 Å². The van der Waals surface area contributed by atoms with Crippen molar-refractivity contribution in [3.63, 3.8) is 0 Å². The van der Waals surface area contributed by atoms with Crippen LogP contribution in [0.5, 0.6) is 0 Å². The van der Waals surface area contributed by atoms with Gasteiger partial charge in [0.25, 0.3) is 0 Å². The highest BCUT2D eigenvalue weighted by atomic mass is 32.1. The Kier molecular flexibility index (Phi) is 6.58. The number of thiophene rings is 1. The van der Waals surface area contributed by atoms with Gasteiger partial charge in [-0.25, -0.2) is 0 Å². The average molecular weight is 365 g/mol. The lowest BCUT2D eigenvalue weighted by Crippen LogP contribution is -2.52. The van der Waals surface area contributed by atoms with Crippen LogP contribution >= 0.6 is 11.3 Å². The van der Waals surface area contributed by atoms with Crippen LogP contribution in [-0.4, -0.2) is 57.3 Å². The second kappa shape index (κ2) is 8.89. The Morgan fingerprint density at radius 3 is 2.96 bits per heavy atom. The summed E-state index contributed by atoms with van der Waals surface area (Å²) in [6, 6.07) is 4.65. The quantitative estimate of drug-likeness (QED) is 0.776. The summed E-state index contributed by atoms with van der Waals surface area (Å²) < 4.78 is 5.35. The van der Waals surface area contributed by atoms with Gasteiger partial charge in [0.05, 0.1) is 6.54 Å². The van der Waals surface area contributed by atoms with Crippen molar-refractivity contribution in [1.29, 1.82) is 0 Å². The lowest BCUT2D eigenvalue weighted by atomic mass is 10.1. The number of aromatic nitrogens is 2. The van der Waals surface area contributed by atoms with E-state index >= 15 is 0 Å². The van der Waals surface area contributed by atoms with Crippen molar-refractivity contribution in [3.05, 3.63) is 34.1 Å². The van der Waals surface area contributed by atoms with E-state index in [4.69, 9.17) is 4.52 Å². The van der Waals surface area contributed by atoms with Crippen LogP contribution in [-0.2, 0) is 19.5 Å². The molecule has 0 amide bonds. The van der Waals surface area contributed by atoms with Crippen molar-refractivity contribution in [1.82, 2.24) is 19.9 Å². The van der Waals surface area contributed by atoms with E-state index < -0.39 is 0 Å². The zero-order valence-corrected chi connectivity index (χ0v) is 15.9. The van der Waals surface area contributed by atoms with Gasteiger partial charge in [0.2, 0.25) is 5.89 Å². The Labute approximate surface area is 153 Å². The molecule has 0 bridgehead atoms. The van der Waals surface area contributed by atoms with E-state index in [1.807, 2.05) is 0 Å². The van der Waals surface area contributed by atoms with Crippen molar-refractivity contribution < 1.29 is 9.63 Å². The molecule has 1 saturated heterocycles. The van der Waals surface area contributed by atoms with Gasteiger partial charge in [-0.3, -0.25) is 9.80 Å². The second-order valence-electron chi connectivity index (χ2n) is 7.15. The van der Waals surface area contributed by atoms with Gasteiger partial charge in [-0.05, 0) is 23.8 Å². The molecule has 0 unspecified atom stereocenters. The SMILES string of the molecule is CC(C)Cc1nc(CN2CCN(Cc3cccs3)[C@H](CCO)C2)no1. The molecule has 0 aromatic carbocycles. The summed E-state index contributed by atoms with van der Waals surface area (Å²) in [5.74, 6) is 2.02. The largest absolute Gasteiger partial charge is 0.396 e. The maximum absolute atomic E-state index is 9.44. The minimum absolute atomic E-state index is 0.222. The maximum Gasteiger partial charge on any atom is 0.226 e. The summed E-state index contributed by atoms with van der Waals surface area (Å²) in [6.07, 6.45) is 1.63. The predicted molar refractivity (Wildman–Crippen MR) is 98.3 cm³/mol. The first-order chi connectivity index (χ1) is 12.1. The van der Waals surface area contributed by atoms with Gasteiger partial charge in [0.15, 0.2) is 5.82 Å². The normalized spacial score (nSPS) is 19.8. The molecule has 0 saturated carbocycles. The topological polar surface area (TPSA) is 65.6 Å². The van der Waals surface area contributed by atoms with Gasteiger partial charge in [0.1, 0.15) is 0 Å². The highest BCUT2D eigenvalue weighted by molar-refractivity contribution is 7.09. The molecule has 2 aromatic heterocycles. The summed E-state index contributed by atoms with van der Waals surface area (Å²) in [6.45, 7) is 9.13. The molecule has 3 rings (SSSR count). The van der Waals surface area contributed by atoms with Gasteiger partial charge in [-0.2, -0.15) is 4.98 Å². The van der Waals surface area contributed by atoms with E-state index in [1.54, 1.807) is 11.3 Å². The molecule has 25 heavy (non-hydrogen) atoms. The van der Waals surface area contributed by atoms with E-state index in [0.717, 1.165) is 57.3 Å². The Balaban J connectivity index is 1.56. The number of rotatable bonds is 8. The fourth-order valence-corrected chi connectivity index (χ4v) is 4.05. The smallest absolute Gasteiger partial charge is 0.226 e. The van der Waals surface area contributed by atoms with Crippen LogP contribution in [0.4, 0.5) is 0 Å². The molecular weight excluding hydrogens is 336 g/mol. The molecule has 0 spiro atoms. The average Bonchev–Trinajstić information content (AvgIpc) is 3.22. The molecule has 3 heterocycles. The standard InChI is InChI=1S/C18H28N4O2S/c1-14(2)10-18-19-17(20-24-18)13-21-6-7-22(15(11-21)5-8-23)12-16-4-3-9-25-16/h3-4,9,14-15,23H,5-8,10-13H2,1-2H3/t15-/m1/s1. The second-order valence-corrected chi connectivity index (χ2v) is 8.19. The molecular formula is C18H28N4O2S. The molecule has 0 radical (unpaired) electrons. The summed E-state index contributed by atoms with van der Waals surface area (Å²) in [5.41, 5.74) is 0. The number of aliphatic hydroxyl groups is 1. The summed E-state index contributed by atoms with van der Waals surface area (Å²) >= 11 is 1.80. The number of hydrogen-bond acceptors (Lipinski definition) is 7. The zero-order valence-electron chi connectivity index (χ0n) is 15.1. The molecule has 6 nitrogen and oxygen atoms in total. The van der Waals surface area contributed by atoms with E-state index in [2.05, 4.69) is 51.3 Å². The third-order valence-electron chi connectivity index (χ3n) is 4.55. The summed E-state index contributed by atoms with van der Waals surface area (Å²) in [7, 11) is 0. The summed E-state index contributed by atoms with van der Waals surface area (Å²) in [4.78, 5) is 10.8. The van der Waals surface area contributed by atoms with Crippen molar-refractivity contribution in [2.75, 3.05) is 26.2 Å². The Bertz CT molecular complexity index is 629. The molecule has 1 fully saturated rings. The lowest BCUT2D eigenvalue weighted by molar-refractivity contribution is 0.0491. The Morgan fingerprint density at radius 1 is 1.36 bits per heavy atom. The van der Waals surface area contributed by atoms with Gasteiger partial charge >= 0.3 is 0 Å². The highest BCUT2D eigenvalue weighted by Crippen LogP contribution is 2.20. The van der Waals surface area contributed by atoms with Gasteiger partial charge in [0, 0.05) is 50.1 Å². The van der Waals surface area contributed by atoms with Gasteiger partial charge in [-0.15, -0.1) is 11.3 Å². The molecule has 1 aliphatic heterocycles. The van der Waals surface area contributed by atoms with Gasteiger partial charge in [-0.1, -0.05) is 25.1 Å². The monoisotopic (exact) mass is 364 g/mol. The first kappa shape index (κ1) is 18.5. The highest BCUT2D eigenvalue weighted by Gasteiger charge is 2.27. The number of hydrogen-bond donors (Lipinski definition) is 1. The Hall–Kier alpha value is -1.28. The third-order valence-corrected chi connectivity index (χ3v) is 5.41. The summed E-state index contributed by atoms with van der Waals surface area (Å²) in [5, 5.41) is 15.7. The molecule has 1 atom stereocenters. The van der Waals surface area contributed by atoms with Crippen LogP contribution < -0.4 is 0 Å². The van der Waals surface area contributed by atoms with Crippen molar-refractivity contribution in [2.45, 2.75) is 45.8 Å². The Morgan fingerprint density at radius 2 is 2.24 bits per heavy atom. The van der Waals surface area contributed by atoms with E-state index in [1.165, 1.54) is 4.88 Å². The van der Waals surface area contributed by atoms with Crippen LogP contribution in [0, 0.1) is 5.92 Å². The van der Waals surface area contributed by atoms with Crippen LogP contribution in [0.25, 0.3) is 0 Å². The lowest BCUT2D eigenvalue weighted by Gasteiger charge is -2.40. The number of aliphatic hydroxyl groups excluding tert-OH is 1. The fourth-order valence-electron chi connectivity index (χ4n) is 3.32. The molecule has 1 N–H and O–H groups in total. The zero-order chi connectivity index (χ0) is 17.6. The van der Waals surface area contributed by atoms with Crippen LogP contribution in [0.1, 0.15) is 36.9 Å². The van der Waals surface area contributed by atoms with E-state index in [9.17, 15) is 5.11 Å². The van der Waals surface area contributed by atoms with Crippen molar-refractivity contribution >= 4 is 11.3 Å². The van der Waals surface area contributed by atoms with E-state index in [0.29, 0.717) is 12.0 Å². The third kappa shape index (κ3) is 5.34. The maximum atomic E-state index is 9.44. The minimum Gasteiger partial charge on any atom is -0.396 e. The van der Waals surface area contributed by atoms with Crippen molar-refractivity contribution in [3.8, 4) is 0 Å². The van der Waals surface area contributed by atoms with Crippen LogP contribution in [0.3, 0.4) is 0 Å². The minimum atomic E-state index is 0.222. The number of nitrogens with zero attached hydrogens (tertiary/aromatic N) is 4. The molecule has 1 aliphatic rings. The molecule has 2 aromatic rings. The van der Waals surface area contributed by atoms with Crippen LogP contribution in [0.2, 0.25) is 0 Å². The van der Waals surface area contributed by atoms with Crippen LogP contribution in [0.15, 0.2) is 22.0 Å². The predicted octanol–water partition coefficient (Wildman–Crippen LogP) is 2.40. The van der Waals surface area contributed by atoms with Gasteiger partial charge < -0.3 is 9.63 Å². The molecule has 0 aliphatic carbocycles.